The zero-order chi connectivity index (χ0) is 13.0. The lowest BCUT2D eigenvalue weighted by atomic mass is 9.96. The van der Waals surface area contributed by atoms with Crippen LogP contribution in [0.5, 0.6) is 5.75 Å². The fourth-order valence-electron chi connectivity index (χ4n) is 3.09. The van der Waals surface area contributed by atoms with Crippen molar-refractivity contribution >= 4 is 0 Å². The Balaban J connectivity index is 2.11. The molecule has 1 aromatic rings. The molecule has 1 aliphatic heterocycles. The second-order valence-electron chi connectivity index (χ2n) is 5.47. The minimum Gasteiger partial charge on any atom is -0.497 e. The summed E-state index contributed by atoms with van der Waals surface area (Å²) in [7, 11) is 1.71. The van der Waals surface area contributed by atoms with Crippen molar-refractivity contribution < 1.29 is 15.4 Å². The van der Waals surface area contributed by atoms with E-state index in [9.17, 15) is 0 Å². The first kappa shape index (κ1) is 13.4. The number of hydrogen-bond acceptors (Lipinski definition) is 1. The molecule has 0 amide bonds. The van der Waals surface area contributed by atoms with Gasteiger partial charge in [0, 0.05) is 11.5 Å². The maximum Gasteiger partial charge on any atom is 0.162 e. The van der Waals surface area contributed by atoms with Crippen LogP contribution in [0.1, 0.15) is 31.4 Å². The van der Waals surface area contributed by atoms with Crippen LogP contribution < -0.4 is 15.4 Å². The number of ether oxygens (including phenoxy) is 1. The summed E-state index contributed by atoms with van der Waals surface area (Å²) in [5.74, 6) is 1.78. The lowest BCUT2D eigenvalue weighted by Crippen LogP contribution is -3.15. The van der Waals surface area contributed by atoms with E-state index in [4.69, 9.17) is 4.74 Å². The first-order valence-electron chi connectivity index (χ1n) is 7.02. The Hall–Kier alpha value is -1.06. The topological polar surface area (TPSA) is 41.3 Å². The van der Waals surface area contributed by atoms with Gasteiger partial charge in [0.2, 0.25) is 0 Å². The largest absolute Gasteiger partial charge is 0.497 e. The van der Waals surface area contributed by atoms with Gasteiger partial charge in [-0.15, -0.1) is 0 Å². The Morgan fingerprint density at radius 3 is 2.67 bits per heavy atom. The third-order valence-corrected chi connectivity index (χ3v) is 4.11. The highest BCUT2D eigenvalue weighted by Crippen LogP contribution is 2.16. The summed E-state index contributed by atoms with van der Waals surface area (Å²) in [6.07, 6.45) is 2.74. The van der Waals surface area contributed by atoms with E-state index in [1.165, 1.54) is 31.5 Å². The molecule has 0 spiro atoms. The number of rotatable bonds is 4. The lowest BCUT2D eigenvalue weighted by Gasteiger charge is -2.33. The summed E-state index contributed by atoms with van der Waals surface area (Å²) in [4.78, 5) is 1.70. The maximum atomic E-state index is 5.22. The number of benzene rings is 1. The third kappa shape index (κ3) is 3.03. The van der Waals surface area contributed by atoms with Gasteiger partial charge < -0.3 is 15.4 Å². The Morgan fingerprint density at radius 1 is 1.39 bits per heavy atom. The van der Waals surface area contributed by atoms with E-state index < -0.39 is 0 Å². The molecule has 1 saturated heterocycles. The Bertz CT molecular complexity index is 363. The number of piperidine rings is 1. The fourth-order valence-corrected chi connectivity index (χ4v) is 3.09. The van der Waals surface area contributed by atoms with Gasteiger partial charge in [0.25, 0.3) is 0 Å². The van der Waals surface area contributed by atoms with Gasteiger partial charge in [-0.25, -0.2) is 0 Å². The Kier molecular flexibility index (Phi) is 4.61. The van der Waals surface area contributed by atoms with E-state index in [0.717, 1.165) is 18.2 Å². The average molecular weight is 250 g/mol. The Morgan fingerprint density at radius 2 is 2.11 bits per heavy atom. The van der Waals surface area contributed by atoms with Crippen LogP contribution in [-0.2, 0) is 0 Å². The van der Waals surface area contributed by atoms with Crippen LogP contribution in [0.3, 0.4) is 0 Å². The second kappa shape index (κ2) is 6.21. The van der Waals surface area contributed by atoms with Crippen molar-refractivity contribution in [1.82, 2.24) is 0 Å². The van der Waals surface area contributed by atoms with Crippen LogP contribution in [0.4, 0.5) is 0 Å². The molecule has 100 valence electrons. The van der Waals surface area contributed by atoms with Crippen molar-refractivity contribution in [3.8, 4) is 5.75 Å². The molecule has 3 nitrogen and oxygen atoms in total. The molecule has 0 bridgehead atoms. The van der Waals surface area contributed by atoms with Gasteiger partial charge in [-0.1, -0.05) is 6.92 Å². The van der Waals surface area contributed by atoms with Crippen molar-refractivity contribution in [2.45, 2.75) is 25.8 Å². The summed E-state index contributed by atoms with van der Waals surface area (Å²) < 4.78 is 5.22. The van der Waals surface area contributed by atoms with Crippen LogP contribution in [0.15, 0.2) is 24.3 Å². The van der Waals surface area contributed by atoms with E-state index in [-0.39, 0.29) is 0 Å². The van der Waals surface area contributed by atoms with Crippen LogP contribution >= 0.6 is 0 Å². The smallest absolute Gasteiger partial charge is 0.162 e. The molecule has 1 aliphatic rings. The summed E-state index contributed by atoms with van der Waals surface area (Å²) >= 11 is 0. The lowest BCUT2D eigenvalue weighted by molar-refractivity contribution is -0.945. The quantitative estimate of drug-likeness (QED) is 0.792. The Labute approximate surface area is 110 Å². The fraction of sp³-hybridized carbons (Fsp3) is 0.600. The molecule has 0 aromatic heterocycles. The van der Waals surface area contributed by atoms with E-state index >= 15 is 0 Å². The highest BCUT2D eigenvalue weighted by molar-refractivity contribution is 5.28. The molecular weight excluding hydrogens is 224 g/mol. The molecular formula is C15H26N2O+2. The molecule has 1 unspecified atom stereocenters. The second-order valence-corrected chi connectivity index (χ2v) is 5.47. The molecule has 0 aliphatic carbocycles. The number of likely N-dealkylation sites (tertiary alicyclic amines) is 1. The van der Waals surface area contributed by atoms with E-state index in [0.29, 0.717) is 6.04 Å². The average Bonchev–Trinajstić information content (AvgIpc) is 2.40. The maximum absolute atomic E-state index is 5.22. The van der Waals surface area contributed by atoms with E-state index in [1.807, 2.05) is 0 Å². The van der Waals surface area contributed by atoms with Crippen LogP contribution in [0.25, 0.3) is 0 Å². The molecule has 1 heterocycles. The van der Waals surface area contributed by atoms with Crippen molar-refractivity contribution in [2.24, 2.45) is 5.92 Å². The summed E-state index contributed by atoms with van der Waals surface area (Å²) in [5.41, 5.74) is 5.55. The summed E-state index contributed by atoms with van der Waals surface area (Å²) in [5, 5.41) is 0. The van der Waals surface area contributed by atoms with Crippen LogP contribution in [-0.4, -0.2) is 26.7 Å². The van der Waals surface area contributed by atoms with Gasteiger partial charge in [-0.2, -0.15) is 0 Å². The summed E-state index contributed by atoms with van der Waals surface area (Å²) in [6, 6.07) is 9.05. The first-order chi connectivity index (χ1) is 8.74. The van der Waals surface area contributed by atoms with Gasteiger partial charge >= 0.3 is 0 Å². The van der Waals surface area contributed by atoms with Gasteiger partial charge in [0.05, 0.1) is 20.2 Å². The molecule has 18 heavy (non-hydrogen) atoms. The summed E-state index contributed by atoms with van der Waals surface area (Å²) in [6.45, 7) is 5.91. The third-order valence-electron chi connectivity index (χ3n) is 4.11. The monoisotopic (exact) mass is 250 g/mol. The molecule has 1 aromatic carbocycles. The normalized spacial score (nSPS) is 25.7. The zero-order valence-corrected chi connectivity index (χ0v) is 11.6. The van der Waals surface area contributed by atoms with Crippen molar-refractivity contribution in [3.63, 3.8) is 0 Å². The van der Waals surface area contributed by atoms with E-state index in [2.05, 4.69) is 36.9 Å². The molecule has 0 radical (unpaired) electrons. The molecule has 0 saturated carbocycles. The minimum atomic E-state index is 0.540. The minimum absolute atomic E-state index is 0.540. The van der Waals surface area contributed by atoms with Gasteiger partial charge in [0.1, 0.15) is 12.3 Å². The molecule has 3 atom stereocenters. The highest BCUT2D eigenvalue weighted by Gasteiger charge is 2.29. The predicted octanol–water partition coefficient (Wildman–Crippen LogP) is 0.293. The molecule has 1 fully saturated rings. The molecule has 4 N–H and O–H groups in total. The van der Waals surface area contributed by atoms with Crippen LogP contribution in [0.2, 0.25) is 0 Å². The predicted molar refractivity (Wildman–Crippen MR) is 72.6 cm³/mol. The first-order valence-corrected chi connectivity index (χ1v) is 7.02. The van der Waals surface area contributed by atoms with Gasteiger partial charge in [-0.05, 0) is 37.1 Å². The highest BCUT2D eigenvalue weighted by atomic mass is 16.5. The number of methoxy groups -OCH3 is 1. The van der Waals surface area contributed by atoms with Crippen molar-refractivity contribution in [3.05, 3.63) is 29.8 Å². The van der Waals surface area contributed by atoms with Crippen LogP contribution in [0, 0.1) is 5.92 Å². The number of hydrogen-bond donors (Lipinski definition) is 2. The van der Waals surface area contributed by atoms with E-state index in [1.54, 1.807) is 12.0 Å². The SMILES string of the molecule is COc1ccc([C@H](C[NH3+])[NH+]2CCC[C@H](C)C2)cc1. The number of quaternary nitrogens is 2. The van der Waals surface area contributed by atoms with Crippen molar-refractivity contribution in [2.75, 3.05) is 26.7 Å². The zero-order valence-electron chi connectivity index (χ0n) is 11.6. The molecule has 2 rings (SSSR count). The van der Waals surface area contributed by atoms with Crippen molar-refractivity contribution in [1.29, 1.82) is 0 Å². The molecule has 3 heteroatoms. The van der Waals surface area contributed by atoms with Gasteiger partial charge in [-0.3, -0.25) is 0 Å². The van der Waals surface area contributed by atoms with Gasteiger partial charge in [0.15, 0.2) is 6.04 Å². The number of nitrogens with one attached hydrogen (secondary N) is 1. The standard InChI is InChI=1S/C15H24N2O/c1-12-4-3-9-17(11-12)15(10-16)13-5-7-14(18-2)8-6-13/h5-8,12,15H,3-4,9-11,16H2,1-2H3/p+2/t12-,15-/m0/s1.